The molecule has 0 spiro atoms. The van der Waals surface area contributed by atoms with Gasteiger partial charge in [0.25, 0.3) is 5.56 Å². The fraction of sp³-hybridized carbons (Fsp3) is 0.231. The number of rotatable bonds is 2. The van der Waals surface area contributed by atoms with Crippen molar-refractivity contribution in [2.24, 2.45) is 14.1 Å². The van der Waals surface area contributed by atoms with Gasteiger partial charge in [0.05, 0.1) is 33.7 Å². The van der Waals surface area contributed by atoms with E-state index in [1.165, 1.54) is 11.6 Å². The van der Waals surface area contributed by atoms with E-state index in [0.29, 0.717) is 28.0 Å². The highest BCUT2D eigenvalue weighted by Gasteiger charge is 2.45. The summed E-state index contributed by atoms with van der Waals surface area (Å²) in [6, 6.07) is 15.9. The molecule has 0 saturated heterocycles. The van der Waals surface area contributed by atoms with Crippen molar-refractivity contribution in [1.82, 2.24) is 13.7 Å². The maximum Gasteiger partial charge on any atom is 0.448 e. The Labute approximate surface area is 202 Å². The first-order valence-corrected chi connectivity index (χ1v) is 11.4. The van der Waals surface area contributed by atoms with Crippen molar-refractivity contribution in [2.45, 2.75) is 24.7 Å². The number of para-hydroxylation sites is 2. The second-order valence-electron chi connectivity index (χ2n) is 8.96. The monoisotopic (exact) mass is 494 g/mol. The average Bonchev–Trinajstić information content (AvgIpc) is 3.50. The molecule has 0 aliphatic carbocycles. The third-order valence-electron chi connectivity index (χ3n) is 6.87. The summed E-state index contributed by atoms with van der Waals surface area (Å²) in [7, 11) is 2.98. The quantitative estimate of drug-likeness (QED) is 0.449. The van der Waals surface area contributed by atoms with Gasteiger partial charge in [0.15, 0.2) is 5.76 Å². The summed E-state index contributed by atoms with van der Waals surface area (Å²) in [6.45, 7) is 0. The number of ether oxygens (including phenoxy) is 1. The number of hydrogen-bond acceptors (Lipinski definition) is 4. The van der Waals surface area contributed by atoms with E-state index < -0.39 is 35.3 Å². The predicted molar refractivity (Wildman–Crippen MR) is 129 cm³/mol. The fourth-order valence-electron chi connectivity index (χ4n) is 5.27. The molecule has 0 amide bonds. The van der Waals surface area contributed by atoms with Gasteiger partial charge in [-0.3, -0.25) is 13.9 Å². The molecular weight excluding hydrogens is 473 g/mol. The number of aromatic nitrogens is 3. The van der Waals surface area contributed by atoms with E-state index in [4.69, 9.17) is 4.74 Å². The van der Waals surface area contributed by atoms with E-state index in [2.05, 4.69) is 5.32 Å². The number of hydrogen-bond donors (Lipinski definition) is 1. The maximum atomic E-state index is 13.6. The Bertz CT molecular complexity index is 1680. The number of allylic oxidation sites excluding steroid dienone is 1. The molecule has 0 radical (unpaired) electrons. The average molecular weight is 494 g/mol. The molecule has 2 atom stereocenters. The topological polar surface area (TPSA) is 70.2 Å². The van der Waals surface area contributed by atoms with Crippen LogP contribution in [0.25, 0.3) is 27.8 Å². The number of fused-ring (bicyclic) bond motifs is 5. The van der Waals surface area contributed by atoms with Crippen molar-refractivity contribution in [2.75, 3.05) is 5.32 Å². The minimum atomic E-state index is -4.61. The Balaban J connectivity index is 1.73. The lowest BCUT2D eigenvalue weighted by molar-refractivity contribution is -0.134. The number of benzene rings is 2. The van der Waals surface area contributed by atoms with Gasteiger partial charge in [-0.05, 0) is 23.8 Å². The largest absolute Gasteiger partial charge is 0.483 e. The van der Waals surface area contributed by atoms with Crippen LogP contribution < -0.4 is 16.6 Å². The second-order valence-corrected chi connectivity index (χ2v) is 8.96. The summed E-state index contributed by atoms with van der Waals surface area (Å²) in [6.07, 6.45) is -4.46. The van der Waals surface area contributed by atoms with Crippen molar-refractivity contribution >= 4 is 16.6 Å². The van der Waals surface area contributed by atoms with Gasteiger partial charge >= 0.3 is 11.9 Å². The van der Waals surface area contributed by atoms with Gasteiger partial charge in [0, 0.05) is 20.5 Å². The predicted octanol–water partition coefficient (Wildman–Crippen LogP) is 4.40. The molecule has 184 valence electrons. The lowest BCUT2D eigenvalue weighted by Gasteiger charge is -2.34. The van der Waals surface area contributed by atoms with Gasteiger partial charge in [-0.25, -0.2) is 4.79 Å². The summed E-state index contributed by atoms with van der Waals surface area (Å²) in [5.41, 5.74) is 2.55. The molecule has 2 aliphatic rings. The zero-order chi connectivity index (χ0) is 25.4. The zero-order valence-electron chi connectivity index (χ0n) is 19.3. The molecule has 4 heterocycles. The van der Waals surface area contributed by atoms with E-state index in [9.17, 15) is 22.8 Å². The number of nitrogens with one attached hydrogen (secondary N) is 1. The van der Waals surface area contributed by atoms with Crippen LogP contribution in [0.3, 0.4) is 0 Å². The molecule has 2 aliphatic heterocycles. The SMILES string of the molecule is Cn1c(=O)c2c(-c3ccccc3)n3c(c2n(C)c1=O)C(C1CC=C(C(F)(F)F)O1)Nc1ccccc1-3. The summed E-state index contributed by atoms with van der Waals surface area (Å²) < 4.78 is 50.0. The molecule has 0 bridgehead atoms. The molecule has 2 unspecified atom stereocenters. The summed E-state index contributed by atoms with van der Waals surface area (Å²) in [5.74, 6) is -1.04. The molecule has 1 N–H and O–H groups in total. The molecule has 0 saturated carbocycles. The highest BCUT2D eigenvalue weighted by Crippen LogP contribution is 2.47. The third kappa shape index (κ3) is 3.06. The molecule has 2 aromatic carbocycles. The van der Waals surface area contributed by atoms with Crippen molar-refractivity contribution in [3.05, 3.63) is 93.0 Å². The highest BCUT2D eigenvalue weighted by molar-refractivity contribution is 5.99. The Kier molecular flexibility index (Phi) is 4.73. The van der Waals surface area contributed by atoms with Gasteiger partial charge in [-0.15, -0.1) is 0 Å². The summed E-state index contributed by atoms with van der Waals surface area (Å²) in [4.78, 5) is 26.6. The standard InChI is InChI=1S/C26H21F3N4O3/c1-31-22-19(24(34)32(2)25(31)35)21(14-8-4-3-5-9-14)33-16-11-7-6-10-15(16)30-20(23(22)33)17-12-13-18(36-17)26(27,28)29/h3-11,13,17,20,30H,12H2,1-2H3. The summed E-state index contributed by atoms with van der Waals surface area (Å²) >= 11 is 0. The first-order chi connectivity index (χ1) is 17.2. The molecule has 2 aromatic heterocycles. The number of aryl methyl sites for hydroxylation is 1. The van der Waals surface area contributed by atoms with Crippen molar-refractivity contribution < 1.29 is 17.9 Å². The van der Waals surface area contributed by atoms with Crippen LogP contribution in [0.15, 0.2) is 76.0 Å². The normalized spacial score (nSPS) is 18.9. The Morgan fingerprint density at radius 2 is 1.67 bits per heavy atom. The minimum Gasteiger partial charge on any atom is -0.483 e. The smallest absolute Gasteiger partial charge is 0.448 e. The van der Waals surface area contributed by atoms with Crippen LogP contribution in [0.2, 0.25) is 0 Å². The molecule has 6 rings (SSSR count). The van der Waals surface area contributed by atoms with Crippen LogP contribution >= 0.6 is 0 Å². The van der Waals surface area contributed by atoms with Crippen LogP contribution in [-0.4, -0.2) is 26.0 Å². The lowest BCUT2D eigenvalue weighted by Crippen LogP contribution is -2.37. The highest BCUT2D eigenvalue weighted by atomic mass is 19.4. The third-order valence-corrected chi connectivity index (χ3v) is 6.87. The van der Waals surface area contributed by atoms with Crippen LogP contribution in [0, 0.1) is 0 Å². The molecule has 36 heavy (non-hydrogen) atoms. The fourth-order valence-corrected chi connectivity index (χ4v) is 5.27. The molecule has 4 aromatic rings. The zero-order valence-corrected chi connectivity index (χ0v) is 19.3. The first kappa shape index (κ1) is 22.3. The van der Waals surface area contributed by atoms with E-state index in [1.54, 1.807) is 7.05 Å². The van der Waals surface area contributed by atoms with Gasteiger partial charge in [-0.1, -0.05) is 42.5 Å². The number of anilines is 1. The Morgan fingerprint density at radius 1 is 0.972 bits per heavy atom. The minimum absolute atomic E-state index is 0.0147. The van der Waals surface area contributed by atoms with Crippen molar-refractivity contribution in [3.8, 4) is 16.9 Å². The van der Waals surface area contributed by atoms with E-state index in [1.807, 2.05) is 59.2 Å². The summed E-state index contributed by atoms with van der Waals surface area (Å²) in [5, 5.41) is 3.65. The van der Waals surface area contributed by atoms with Crippen LogP contribution in [0.1, 0.15) is 18.2 Å². The van der Waals surface area contributed by atoms with Gasteiger partial charge in [-0.2, -0.15) is 13.2 Å². The van der Waals surface area contributed by atoms with Crippen molar-refractivity contribution in [1.29, 1.82) is 0 Å². The van der Waals surface area contributed by atoms with E-state index >= 15 is 0 Å². The molecule has 10 heteroatoms. The first-order valence-electron chi connectivity index (χ1n) is 11.4. The van der Waals surface area contributed by atoms with Gasteiger partial charge in [0.2, 0.25) is 0 Å². The maximum absolute atomic E-state index is 13.6. The van der Waals surface area contributed by atoms with Gasteiger partial charge < -0.3 is 14.6 Å². The van der Waals surface area contributed by atoms with Crippen LogP contribution in [0.5, 0.6) is 0 Å². The van der Waals surface area contributed by atoms with E-state index in [-0.39, 0.29) is 6.42 Å². The lowest BCUT2D eigenvalue weighted by atomic mass is 10.0. The van der Waals surface area contributed by atoms with Crippen LogP contribution in [-0.2, 0) is 18.8 Å². The number of nitrogens with zero attached hydrogens (tertiary/aromatic N) is 3. The van der Waals surface area contributed by atoms with Gasteiger partial charge in [0.1, 0.15) is 12.1 Å². The van der Waals surface area contributed by atoms with Crippen molar-refractivity contribution in [3.63, 3.8) is 0 Å². The molecular formula is C26H21F3N4O3. The van der Waals surface area contributed by atoms with Crippen LogP contribution in [0.4, 0.5) is 18.9 Å². The Morgan fingerprint density at radius 3 is 2.36 bits per heavy atom. The van der Waals surface area contributed by atoms with E-state index in [0.717, 1.165) is 21.9 Å². The molecule has 0 fully saturated rings. The molecule has 7 nitrogen and oxygen atoms in total. The number of alkyl halides is 3. The Hall–Kier alpha value is -4.21. The second kappa shape index (κ2) is 7.64. The number of halogens is 3.